The standard InChI is InChI=1S/C16H24FNO/c1-12(2)6-7-19-15-9-13(8-14(17)10-15)11-18-16(3,4)5/h6,8-10,18H,7,11H2,1-5H3. The van der Waals surface area contributed by atoms with E-state index in [-0.39, 0.29) is 11.4 Å². The van der Waals surface area contributed by atoms with Crippen LogP contribution in [0.5, 0.6) is 5.75 Å². The zero-order chi connectivity index (χ0) is 14.5. The third-order valence-corrected chi connectivity index (χ3v) is 2.50. The van der Waals surface area contributed by atoms with Crippen molar-refractivity contribution >= 4 is 0 Å². The summed E-state index contributed by atoms with van der Waals surface area (Å²) >= 11 is 0. The molecular formula is C16H24FNO. The third-order valence-electron chi connectivity index (χ3n) is 2.50. The fraction of sp³-hybridized carbons (Fsp3) is 0.500. The van der Waals surface area contributed by atoms with Gasteiger partial charge in [0.1, 0.15) is 18.2 Å². The van der Waals surface area contributed by atoms with Gasteiger partial charge in [0.05, 0.1) is 0 Å². The largest absolute Gasteiger partial charge is 0.489 e. The minimum Gasteiger partial charge on any atom is -0.489 e. The Hall–Kier alpha value is -1.35. The molecule has 0 unspecified atom stereocenters. The SMILES string of the molecule is CC(C)=CCOc1cc(F)cc(CNC(C)(C)C)c1. The Morgan fingerprint density at radius 1 is 1.26 bits per heavy atom. The maximum atomic E-state index is 13.5. The van der Waals surface area contributed by atoms with Crippen molar-refractivity contribution in [2.24, 2.45) is 0 Å². The van der Waals surface area contributed by atoms with Crippen LogP contribution >= 0.6 is 0 Å². The van der Waals surface area contributed by atoms with Gasteiger partial charge < -0.3 is 10.1 Å². The molecule has 0 atom stereocenters. The number of nitrogens with one attached hydrogen (secondary N) is 1. The molecule has 0 aliphatic rings. The van der Waals surface area contributed by atoms with Crippen LogP contribution < -0.4 is 10.1 Å². The summed E-state index contributed by atoms with van der Waals surface area (Å²) in [5.41, 5.74) is 2.09. The Morgan fingerprint density at radius 3 is 2.53 bits per heavy atom. The van der Waals surface area contributed by atoms with Crippen molar-refractivity contribution in [2.45, 2.75) is 46.7 Å². The van der Waals surface area contributed by atoms with Crippen LogP contribution in [0.25, 0.3) is 0 Å². The fourth-order valence-corrected chi connectivity index (χ4v) is 1.48. The van der Waals surface area contributed by atoms with E-state index >= 15 is 0 Å². The maximum Gasteiger partial charge on any atom is 0.127 e. The second-order valence-electron chi connectivity index (χ2n) is 5.99. The van der Waals surface area contributed by atoms with E-state index in [2.05, 4.69) is 26.1 Å². The lowest BCUT2D eigenvalue weighted by Gasteiger charge is -2.20. The molecule has 1 aromatic carbocycles. The molecule has 106 valence electrons. The highest BCUT2D eigenvalue weighted by molar-refractivity contribution is 5.30. The van der Waals surface area contributed by atoms with E-state index < -0.39 is 0 Å². The monoisotopic (exact) mass is 265 g/mol. The van der Waals surface area contributed by atoms with Gasteiger partial charge in [-0.3, -0.25) is 0 Å². The Morgan fingerprint density at radius 2 is 1.95 bits per heavy atom. The summed E-state index contributed by atoms with van der Waals surface area (Å²) in [5, 5.41) is 3.33. The fourth-order valence-electron chi connectivity index (χ4n) is 1.48. The molecule has 2 nitrogen and oxygen atoms in total. The van der Waals surface area contributed by atoms with E-state index in [0.717, 1.165) is 5.56 Å². The molecule has 1 rings (SSSR count). The van der Waals surface area contributed by atoms with Crippen LogP contribution in [0.15, 0.2) is 29.8 Å². The first kappa shape index (κ1) is 15.7. The number of allylic oxidation sites excluding steroid dienone is 1. The van der Waals surface area contributed by atoms with Crippen LogP contribution in [0.2, 0.25) is 0 Å². The summed E-state index contributed by atoms with van der Waals surface area (Å²) < 4.78 is 19.0. The van der Waals surface area contributed by atoms with Gasteiger partial charge in [-0.25, -0.2) is 4.39 Å². The van der Waals surface area contributed by atoms with E-state index in [1.807, 2.05) is 26.0 Å². The van der Waals surface area contributed by atoms with Crippen molar-refractivity contribution < 1.29 is 9.13 Å². The van der Waals surface area contributed by atoms with E-state index in [0.29, 0.717) is 18.9 Å². The molecule has 0 saturated heterocycles. The number of ether oxygens (including phenoxy) is 1. The molecular weight excluding hydrogens is 241 g/mol. The molecule has 1 N–H and O–H groups in total. The van der Waals surface area contributed by atoms with Crippen molar-refractivity contribution in [3.8, 4) is 5.75 Å². The van der Waals surface area contributed by atoms with Gasteiger partial charge >= 0.3 is 0 Å². The van der Waals surface area contributed by atoms with E-state index in [4.69, 9.17) is 4.74 Å². The summed E-state index contributed by atoms with van der Waals surface area (Å²) in [6, 6.07) is 4.83. The van der Waals surface area contributed by atoms with Crippen molar-refractivity contribution in [1.29, 1.82) is 0 Å². The predicted molar refractivity (Wildman–Crippen MR) is 77.9 cm³/mol. The Kier molecular flexibility index (Phi) is 5.55. The third kappa shape index (κ3) is 6.97. The number of halogens is 1. The molecule has 19 heavy (non-hydrogen) atoms. The lowest BCUT2D eigenvalue weighted by Crippen LogP contribution is -2.35. The number of rotatable bonds is 5. The lowest BCUT2D eigenvalue weighted by atomic mass is 10.1. The maximum absolute atomic E-state index is 13.5. The predicted octanol–water partition coefficient (Wildman–Crippen LogP) is 4.06. The smallest absolute Gasteiger partial charge is 0.127 e. The highest BCUT2D eigenvalue weighted by Gasteiger charge is 2.09. The van der Waals surface area contributed by atoms with Crippen molar-refractivity contribution in [3.05, 3.63) is 41.2 Å². The first-order valence-corrected chi connectivity index (χ1v) is 6.57. The van der Waals surface area contributed by atoms with Gasteiger partial charge in [0.2, 0.25) is 0 Å². The Bertz CT molecular complexity index is 443. The molecule has 0 aromatic heterocycles. The number of benzene rings is 1. The highest BCUT2D eigenvalue weighted by Crippen LogP contribution is 2.17. The summed E-state index contributed by atoms with van der Waals surface area (Å²) in [7, 11) is 0. The molecule has 3 heteroatoms. The summed E-state index contributed by atoms with van der Waals surface area (Å²) in [4.78, 5) is 0. The van der Waals surface area contributed by atoms with Gasteiger partial charge in [-0.2, -0.15) is 0 Å². The minimum absolute atomic E-state index is 0.00932. The molecule has 0 heterocycles. The van der Waals surface area contributed by atoms with Crippen molar-refractivity contribution in [3.63, 3.8) is 0 Å². The average molecular weight is 265 g/mol. The van der Waals surface area contributed by atoms with Crippen LogP contribution in [-0.4, -0.2) is 12.1 Å². The van der Waals surface area contributed by atoms with Gasteiger partial charge in [0, 0.05) is 18.2 Å². The van der Waals surface area contributed by atoms with Gasteiger partial charge in [0.25, 0.3) is 0 Å². The number of hydrogen-bond donors (Lipinski definition) is 1. The zero-order valence-corrected chi connectivity index (χ0v) is 12.5. The minimum atomic E-state index is -0.264. The molecule has 0 saturated carbocycles. The highest BCUT2D eigenvalue weighted by atomic mass is 19.1. The summed E-state index contributed by atoms with van der Waals surface area (Å²) in [6.45, 7) is 11.4. The van der Waals surface area contributed by atoms with Crippen LogP contribution in [0, 0.1) is 5.82 Å². The first-order chi connectivity index (χ1) is 8.76. The quantitative estimate of drug-likeness (QED) is 0.811. The van der Waals surface area contributed by atoms with E-state index in [1.165, 1.54) is 17.7 Å². The molecule has 0 spiro atoms. The van der Waals surface area contributed by atoms with Gasteiger partial charge in [-0.15, -0.1) is 0 Å². The molecule has 0 amide bonds. The van der Waals surface area contributed by atoms with Crippen LogP contribution in [0.1, 0.15) is 40.2 Å². The zero-order valence-electron chi connectivity index (χ0n) is 12.5. The van der Waals surface area contributed by atoms with Crippen LogP contribution in [0.4, 0.5) is 4.39 Å². The Labute approximate surface area is 115 Å². The van der Waals surface area contributed by atoms with Gasteiger partial charge in [-0.1, -0.05) is 5.57 Å². The molecule has 0 bridgehead atoms. The van der Waals surface area contributed by atoms with Gasteiger partial charge in [-0.05, 0) is 58.4 Å². The van der Waals surface area contributed by atoms with Crippen molar-refractivity contribution in [1.82, 2.24) is 5.32 Å². The topological polar surface area (TPSA) is 21.3 Å². The summed E-state index contributed by atoms with van der Waals surface area (Å²) in [5.74, 6) is 0.309. The number of hydrogen-bond acceptors (Lipinski definition) is 2. The van der Waals surface area contributed by atoms with Crippen LogP contribution in [-0.2, 0) is 6.54 Å². The van der Waals surface area contributed by atoms with E-state index in [9.17, 15) is 4.39 Å². The second kappa shape index (κ2) is 6.71. The summed E-state index contributed by atoms with van der Waals surface area (Å²) in [6.07, 6.45) is 1.97. The molecule has 0 aliphatic heterocycles. The normalized spacial score (nSPS) is 11.3. The van der Waals surface area contributed by atoms with Gasteiger partial charge in [0.15, 0.2) is 0 Å². The lowest BCUT2D eigenvalue weighted by molar-refractivity contribution is 0.358. The molecule has 0 radical (unpaired) electrons. The Balaban J connectivity index is 2.68. The van der Waals surface area contributed by atoms with E-state index in [1.54, 1.807) is 0 Å². The second-order valence-corrected chi connectivity index (χ2v) is 5.99. The average Bonchev–Trinajstić information content (AvgIpc) is 2.24. The molecule has 0 fully saturated rings. The van der Waals surface area contributed by atoms with Crippen LogP contribution in [0.3, 0.4) is 0 Å². The first-order valence-electron chi connectivity index (χ1n) is 6.57. The molecule has 0 aliphatic carbocycles. The van der Waals surface area contributed by atoms with Crippen molar-refractivity contribution in [2.75, 3.05) is 6.61 Å². The molecule has 1 aromatic rings.